The number of rotatable bonds is 3. The number of benzene rings is 1. The molecule has 41 heavy (non-hydrogen) atoms. The maximum Gasteiger partial charge on any atom is 0.417 e. The number of halogens is 3. The summed E-state index contributed by atoms with van der Waals surface area (Å²) < 4.78 is 44.3. The third kappa shape index (κ3) is 3.92. The highest BCUT2D eigenvalue weighted by Crippen LogP contribution is 2.55. The summed E-state index contributed by atoms with van der Waals surface area (Å²) in [5.41, 5.74) is -1.13. The number of nitrogens with zero attached hydrogens (tertiary/aromatic N) is 2. The van der Waals surface area contributed by atoms with E-state index in [1.165, 1.54) is 19.0 Å². The van der Waals surface area contributed by atoms with Crippen molar-refractivity contribution in [2.75, 3.05) is 21.1 Å². The van der Waals surface area contributed by atoms with Crippen molar-refractivity contribution in [3.05, 3.63) is 45.2 Å². The Morgan fingerprint density at radius 1 is 1.17 bits per heavy atom. The van der Waals surface area contributed by atoms with Gasteiger partial charge in [0.25, 0.3) is 5.91 Å². The average molecular weight is 580 g/mol. The number of alkyl halides is 3. The summed E-state index contributed by atoms with van der Waals surface area (Å²) >= 11 is 0. The van der Waals surface area contributed by atoms with E-state index in [0.29, 0.717) is 12.8 Å². The second-order valence-corrected chi connectivity index (χ2v) is 11.8. The molecule has 4 aliphatic rings. The number of Topliss-reactive ketones (excluding diaryl/α,β-unsaturated/α-hetero) is 2. The smallest absolute Gasteiger partial charge is 0.417 e. The number of amides is 1. The number of likely N-dealkylation sites (N-methyl/N-ethyl adjacent to an activating group) is 1. The van der Waals surface area contributed by atoms with Gasteiger partial charge in [0.05, 0.1) is 17.2 Å². The molecule has 0 spiro atoms. The number of carbonyl (C=O) groups is 3. The topological polar surface area (TPSA) is 165 Å². The van der Waals surface area contributed by atoms with Gasteiger partial charge in [-0.05, 0) is 76.9 Å². The fourth-order valence-electron chi connectivity index (χ4n) is 7.43. The zero-order valence-corrected chi connectivity index (χ0v) is 22.9. The summed E-state index contributed by atoms with van der Waals surface area (Å²) in [5.74, 6) is -8.96. The molecule has 2 fully saturated rings. The molecule has 1 aromatic rings. The zero-order valence-electron chi connectivity index (χ0n) is 22.9. The number of aromatic hydroxyl groups is 1. The second-order valence-electron chi connectivity index (χ2n) is 11.8. The Labute approximate surface area is 233 Å². The summed E-state index contributed by atoms with van der Waals surface area (Å²) in [7, 11) is 4.59. The molecule has 0 aromatic heterocycles. The summed E-state index contributed by atoms with van der Waals surface area (Å²) in [4.78, 5) is 42.3. The lowest BCUT2D eigenvalue weighted by molar-refractivity contribution is -0.153. The van der Waals surface area contributed by atoms with Crippen molar-refractivity contribution in [3.63, 3.8) is 0 Å². The number of phenols is 1. The van der Waals surface area contributed by atoms with E-state index in [1.54, 1.807) is 11.9 Å². The van der Waals surface area contributed by atoms with Crippen LogP contribution < -0.4 is 5.73 Å². The van der Waals surface area contributed by atoms with Crippen LogP contribution in [-0.4, -0.2) is 86.5 Å². The van der Waals surface area contributed by atoms with Gasteiger partial charge in [-0.1, -0.05) is 0 Å². The van der Waals surface area contributed by atoms with Gasteiger partial charge < -0.3 is 26.2 Å². The molecule has 0 bridgehead atoms. The van der Waals surface area contributed by atoms with E-state index in [2.05, 4.69) is 0 Å². The second kappa shape index (κ2) is 9.30. The van der Waals surface area contributed by atoms with E-state index in [9.17, 15) is 48.0 Å². The predicted octanol–water partition coefficient (Wildman–Crippen LogP) is 2.14. The number of aliphatic hydroxyl groups excluding tert-OH is 2. The molecule has 6 N–H and O–H groups in total. The van der Waals surface area contributed by atoms with Crippen molar-refractivity contribution >= 4 is 23.2 Å². The van der Waals surface area contributed by atoms with Gasteiger partial charge in [0.1, 0.15) is 22.8 Å². The molecule has 0 radical (unpaired) electrons. The summed E-state index contributed by atoms with van der Waals surface area (Å²) in [6.07, 6.45) is -4.54. The van der Waals surface area contributed by atoms with Gasteiger partial charge in [-0.25, -0.2) is 0 Å². The first-order valence-electron chi connectivity index (χ1n) is 13.3. The highest BCUT2D eigenvalue weighted by atomic mass is 19.4. The van der Waals surface area contributed by atoms with Crippen LogP contribution in [0.3, 0.4) is 0 Å². The number of phenolic OH excluding ortho intramolecular Hbond substituents is 1. The van der Waals surface area contributed by atoms with Crippen LogP contribution in [0.4, 0.5) is 13.2 Å². The van der Waals surface area contributed by atoms with Gasteiger partial charge in [0.2, 0.25) is 5.78 Å². The molecule has 1 saturated carbocycles. The van der Waals surface area contributed by atoms with Gasteiger partial charge >= 0.3 is 6.18 Å². The molecule has 1 saturated heterocycles. The number of primary amides is 1. The lowest BCUT2D eigenvalue weighted by Gasteiger charge is -2.50. The Bertz CT molecular complexity index is 1450. The SMILES string of the molecule is CC1CCC(c2cc(O)c3c(c2C(F)(F)F)C[C@H]2C[C@H]4[C@H](N(C)C)C(=O)C(C(N)=O)=C(O)[C@@]4(O)C(=O)C2=C3O)N1C. The predicted molar refractivity (Wildman–Crippen MR) is 138 cm³/mol. The van der Waals surface area contributed by atoms with Crippen LogP contribution in [0.1, 0.15) is 54.5 Å². The molecule has 1 aromatic carbocycles. The summed E-state index contributed by atoms with van der Waals surface area (Å²) in [6.45, 7) is 1.89. The molecule has 1 heterocycles. The van der Waals surface area contributed by atoms with E-state index in [0.717, 1.165) is 6.07 Å². The summed E-state index contributed by atoms with van der Waals surface area (Å²) in [5, 5.41) is 44.8. The van der Waals surface area contributed by atoms with E-state index in [4.69, 9.17) is 5.73 Å². The van der Waals surface area contributed by atoms with Gasteiger partial charge in [0.15, 0.2) is 11.4 Å². The Kier molecular flexibility index (Phi) is 6.59. The summed E-state index contributed by atoms with van der Waals surface area (Å²) in [6, 6.07) is -1.01. The lowest BCUT2D eigenvalue weighted by Crippen LogP contribution is -2.65. The molecule has 6 atom stereocenters. The van der Waals surface area contributed by atoms with Crippen LogP contribution in [-0.2, 0) is 27.0 Å². The van der Waals surface area contributed by atoms with Crippen LogP contribution in [0, 0.1) is 11.8 Å². The number of likely N-dealkylation sites (tertiary alicyclic amines) is 1. The maximum atomic E-state index is 14.8. The fraction of sp³-hybridized carbons (Fsp3) is 0.536. The minimum absolute atomic E-state index is 0.00522. The number of nitrogens with two attached hydrogens (primary N) is 1. The molecule has 13 heteroatoms. The van der Waals surface area contributed by atoms with Crippen molar-refractivity contribution in [1.82, 2.24) is 9.80 Å². The molecule has 1 amide bonds. The van der Waals surface area contributed by atoms with Gasteiger partial charge in [-0.3, -0.25) is 24.2 Å². The first kappa shape index (κ1) is 29.1. The molecule has 2 unspecified atom stereocenters. The van der Waals surface area contributed by atoms with Crippen molar-refractivity contribution in [2.24, 2.45) is 17.6 Å². The molecular formula is C28H32F3N3O7. The molecule has 5 rings (SSSR count). The number of fused-ring (bicyclic) bond motifs is 3. The highest BCUT2D eigenvalue weighted by Gasteiger charge is 2.64. The first-order chi connectivity index (χ1) is 18.9. The van der Waals surface area contributed by atoms with E-state index in [-0.39, 0.29) is 23.6 Å². The normalized spacial score (nSPS) is 32.4. The Morgan fingerprint density at radius 3 is 2.32 bits per heavy atom. The number of ketones is 2. The van der Waals surface area contributed by atoms with Crippen LogP contribution in [0.5, 0.6) is 5.75 Å². The number of aliphatic hydroxyl groups is 3. The first-order valence-corrected chi connectivity index (χ1v) is 13.3. The Hall–Kier alpha value is -3.42. The van der Waals surface area contributed by atoms with Gasteiger partial charge in [-0.15, -0.1) is 0 Å². The molecule has 1 aliphatic heterocycles. The Balaban J connectivity index is 1.76. The number of hydrogen-bond acceptors (Lipinski definition) is 9. The van der Waals surface area contributed by atoms with Crippen LogP contribution in [0.25, 0.3) is 5.76 Å². The highest BCUT2D eigenvalue weighted by molar-refractivity contribution is 6.24. The maximum absolute atomic E-state index is 14.8. The van der Waals surface area contributed by atoms with E-state index in [1.807, 2.05) is 6.92 Å². The van der Waals surface area contributed by atoms with Gasteiger partial charge in [-0.2, -0.15) is 13.2 Å². The third-order valence-electron chi connectivity index (χ3n) is 9.44. The largest absolute Gasteiger partial charge is 0.508 e. The van der Waals surface area contributed by atoms with Crippen LogP contribution in [0.2, 0.25) is 0 Å². The molecular weight excluding hydrogens is 547 g/mol. The molecule has 222 valence electrons. The van der Waals surface area contributed by atoms with Gasteiger partial charge in [0, 0.05) is 23.6 Å². The molecule has 10 nitrogen and oxygen atoms in total. The van der Waals surface area contributed by atoms with Crippen molar-refractivity contribution in [2.45, 2.75) is 62.5 Å². The standard InChI is InChI=1S/C28H32F3N3O7/c1-10-5-6-15(34(10)4)12-9-16(35)18-13(20(12)28(29,30)31)7-11-8-14-21(33(2)3)23(37)19(26(32)40)25(39)27(14,41)24(38)17(11)22(18)36/h9-11,14-15,21,35-36,39,41H,5-8H2,1-4H3,(H2,32,40)/t10?,11-,14-,15?,21-,27-/m0/s1. The number of hydrogen-bond donors (Lipinski definition) is 5. The van der Waals surface area contributed by atoms with Crippen molar-refractivity contribution in [1.29, 1.82) is 0 Å². The van der Waals surface area contributed by atoms with Crippen molar-refractivity contribution in [3.8, 4) is 5.75 Å². The van der Waals surface area contributed by atoms with Crippen LogP contribution >= 0.6 is 0 Å². The van der Waals surface area contributed by atoms with E-state index >= 15 is 0 Å². The third-order valence-corrected chi connectivity index (χ3v) is 9.44. The monoisotopic (exact) mass is 579 g/mol. The van der Waals surface area contributed by atoms with Crippen LogP contribution in [0.15, 0.2) is 23.0 Å². The quantitative estimate of drug-likeness (QED) is 0.338. The minimum atomic E-state index is -4.87. The number of carbonyl (C=O) groups excluding carboxylic acids is 3. The van der Waals surface area contributed by atoms with E-state index < -0.39 is 99.1 Å². The average Bonchev–Trinajstić information content (AvgIpc) is 3.17. The fourth-order valence-corrected chi connectivity index (χ4v) is 7.43. The molecule has 3 aliphatic carbocycles. The lowest BCUT2D eigenvalue weighted by atomic mass is 9.57. The van der Waals surface area contributed by atoms with Crippen molar-refractivity contribution < 1.29 is 48.0 Å². The zero-order chi connectivity index (χ0) is 30.5. The minimum Gasteiger partial charge on any atom is -0.508 e. The Morgan fingerprint density at radius 2 is 1.80 bits per heavy atom.